The molecule has 3 rings (SSSR count). The summed E-state index contributed by atoms with van der Waals surface area (Å²) in [4.78, 5) is 11.0. The minimum absolute atomic E-state index is 0.139. The van der Waals surface area contributed by atoms with Gasteiger partial charge < -0.3 is 10.1 Å². The predicted molar refractivity (Wildman–Crippen MR) is 82.2 cm³/mol. The summed E-state index contributed by atoms with van der Waals surface area (Å²) in [5, 5.41) is 4.89. The number of nitrogens with one attached hydrogen (secondary N) is 1. The highest BCUT2D eigenvalue weighted by atomic mass is 35.5. The summed E-state index contributed by atoms with van der Waals surface area (Å²) in [6.45, 7) is 6.32. The molecule has 1 aromatic carbocycles. The fourth-order valence-electron chi connectivity index (χ4n) is 3.59. The summed E-state index contributed by atoms with van der Waals surface area (Å²) < 4.78 is 0. The third-order valence-corrected chi connectivity index (χ3v) is 5.95. The van der Waals surface area contributed by atoms with Crippen LogP contribution in [0, 0.1) is 11.3 Å². The van der Waals surface area contributed by atoms with Gasteiger partial charge in [0, 0.05) is 22.4 Å². The van der Waals surface area contributed by atoms with Crippen LogP contribution < -0.4 is 5.32 Å². The van der Waals surface area contributed by atoms with Gasteiger partial charge >= 0.3 is 0 Å². The lowest BCUT2D eigenvalue weighted by Gasteiger charge is -2.29. The second kappa shape index (κ2) is 4.22. The van der Waals surface area contributed by atoms with Crippen LogP contribution in [0.2, 0.25) is 10.0 Å². The summed E-state index contributed by atoms with van der Waals surface area (Å²) >= 11 is 12.1. The molecule has 0 heterocycles. The summed E-state index contributed by atoms with van der Waals surface area (Å²) in [5.74, 6) is 0.139. The SMILES string of the molecule is CC(C=O)C12CC1(NC(C)(C)c1ccc(Cl)c(Cl)c1)C2. The molecule has 4 heteroatoms. The van der Waals surface area contributed by atoms with Crippen molar-refractivity contribution in [2.45, 2.75) is 44.7 Å². The van der Waals surface area contributed by atoms with Crippen molar-refractivity contribution in [1.29, 1.82) is 0 Å². The molecular weight excluding hydrogens is 293 g/mol. The first kappa shape index (κ1) is 14.4. The van der Waals surface area contributed by atoms with Gasteiger partial charge in [-0.1, -0.05) is 36.2 Å². The number of hydrogen-bond acceptors (Lipinski definition) is 2. The molecule has 108 valence electrons. The van der Waals surface area contributed by atoms with Gasteiger partial charge in [-0.15, -0.1) is 0 Å². The molecular formula is C16H19Cl2NO. The molecule has 0 radical (unpaired) electrons. The van der Waals surface area contributed by atoms with Gasteiger partial charge in [0.25, 0.3) is 0 Å². The molecule has 2 nitrogen and oxygen atoms in total. The van der Waals surface area contributed by atoms with Crippen LogP contribution in [0.15, 0.2) is 18.2 Å². The standard InChI is InChI=1S/C16H19Cl2NO/c1-10(7-20)15-8-16(15,9-15)19-14(2,3)11-4-5-12(17)13(18)6-11/h4-7,10,19H,8-9H2,1-3H3. The molecule has 20 heavy (non-hydrogen) atoms. The monoisotopic (exact) mass is 311 g/mol. The summed E-state index contributed by atoms with van der Waals surface area (Å²) in [6.07, 6.45) is 3.29. The fraction of sp³-hybridized carbons (Fsp3) is 0.562. The second-order valence-electron chi connectivity index (χ2n) is 6.90. The Labute approximate surface area is 129 Å². The zero-order valence-corrected chi connectivity index (χ0v) is 13.5. The second-order valence-corrected chi connectivity index (χ2v) is 7.71. The van der Waals surface area contributed by atoms with Crippen LogP contribution in [0.3, 0.4) is 0 Å². The Morgan fingerprint density at radius 2 is 1.95 bits per heavy atom. The first-order valence-electron chi connectivity index (χ1n) is 6.97. The Hall–Kier alpha value is -0.570. The highest BCUT2D eigenvalue weighted by Crippen LogP contribution is 2.82. The van der Waals surface area contributed by atoms with Crippen molar-refractivity contribution in [1.82, 2.24) is 5.32 Å². The van der Waals surface area contributed by atoms with Gasteiger partial charge in [-0.3, -0.25) is 0 Å². The molecule has 1 aromatic rings. The predicted octanol–water partition coefficient (Wildman–Crippen LogP) is 4.19. The maximum Gasteiger partial charge on any atom is 0.123 e. The molecule has 0 spiro atoms. The maximum absolute atomic E-state index is 11.0. The summed E-state index contributed by atoms with van der Waals surface area (Å²) in [5.41, 5.74) is 1.30. The van der Waals surface area contributed by atoms with Gasteiger partial charge in [-0.25, -0.2) is 0 Å². The molecule has 1 unspecified atom stereocenters. The summed E-state index contributed by atoms with van der Waals surface area (Å²) in [6, 6.07) is 5.76. The lowest BCUT2D eigenvalue weighted by molar-refractivity contribution is -0.111. The number of halogens is 2. The molecule has 2 aliphatic rings. The highest BCUT2D eigenvalue weighted by Gasteiger charge is 2.85. The topological polar surface area (TPSA) is 29.1 Å². The third-order valence-electron chi connectivity index (χ3n) is 5.21. The molecule has 2 saturated carbocycles. The van der Waals surface area contributed by atoms with E-state index in [0.29, 0.717) is 10.0 Å². The normalized spacial score (nSPS) is 32.5. The molecule has 1 atom stereocenters. The van der Waals surface area contributed by atoms with E-state index in [1.54, 1.807) is 0 Å². The van der Waals surface area contributed by atoms with Crippen molar-refractivity contribution >= 4 is 29.5 Å². The highest BCUT2D eigenvalue weighted by molar-refractivity contribution is 6.42. The number of carbonyl (C=O) groups excluding carboxylic acids is 1. The average Bonchev–Trinajstić information content (AvgIpc) is 3.17. The maximum atomic E-state index is 11.0. The summed E-state index contributed by atoms with van der Waals surface area (Å²) in [7, 11) is 0. The van der Waals surface area contributed by atoms with Crippen LogP contribution >= 0.6 is 23.2 Å². The van der Waals surface area contributed by atoms with E-state index in [1.165, 1.54) is 0 Å². The minimum atomic E-state index is -0.185. The van der Waals surface area contributed by atoms with Crippen molar-refractivity contribution in [2.75, 3.05) is 0 Å². The largest absolute Gasteiger partial charge is 0.303 e. The van der Waals surface area contributed by atoms with Crippen LogP contribution in [-0.2, 0) is 10.3 Å². The van der Waals surface area contributed by atoms with Crippen LogP contribution in [0.4, 0.5) is 0 Å². The van der Waals surface area contributed by atoms with Crippen LogP contribution in [-0.4, -0.2) is 11.8 Å². The van der Waals surface area contributed by atoms with Crippen LogP contribution in [0.5, 0.6) is 0 Å². The Balaban J connectivity index is 1.78. The smallest absolute Gasteiger partial charge is 0.123 e. The Morgan fingerprint density at radius 3 is 2.50 bits per heavy atom. The van der Waals surface area contributed by atoms with E-state index in [4.69, 9.17) is 23.2 Å². The van der Waals surface area contributed by atoms with Crippen molar-refractivity contribution in [3.05, 3.63) is 33.8 Å². The first-order valence-corrected chi connectivity index (χ1v) is 7.72. The van der Waals surface area contributed by atoms with E-state index in [0.717, 1.165) is 24.7 Å². The molecule has 1 N–H and O–H groups in total. The molecule has 0 bridgehead atoms. The molecule has 0 saturated heterocycles. The van der Waals surface area contributed by atoms with E-state index in [1.807, 2.05) is 25.1 Å². The lowest BCUT2D eigenvalue weighted by Crippen LogP contribution is -2.41. The van der Waals surface area contributed by atoms with Crippen LogP contribution in [0.1, 0.15) is 39.2 Å². The van der Waals surface area contributed by atoms with Gasteiger partial charge in [0.1, 0.15) is 6.29 Å². The lowest BCUT2D eigenvalue weighted by atomic mass is 9.93. The van der Waals surface area contributed by atoms with E-state index in [-0.39, 0.29) is 22.4 Å². The average molecular weight is 312 g/mol. The number of benzene rings is 1. The zero-order valence-electron chi connectivity index (χ0n) is 12.0. The van der Waals surface area contributed by atoms with Gasteiger partial charge in [-0.05, 0) is 44.4 Å². The van der Waals surface area contributed by atoms with Gasteiger partial charge in [0.05, 0.1) is 10.0 Å². The van der Waals surface area contributed by atoms with E-state index >= 15 is 0 Å². The molecule has 2 aliphatic carbocycles. The van der Waals surface area contributed by atoms with Crippen molar-refractivity contribution in [3.8, 4) is 0 Å². The zero-order chi connectivity index (χ0) is 14.8. The Morgan fingerprint density at radius 1 is 1.30 bits per heavy atom. The number of fused-ring (bicyclic) bond motifs is 1. The number of carbonyl (C=O) groups is 1. The quantitative estimate of drug-likeness (QED) is 0.826. The Kier molecular flexibility index (Phi) is 3.03. The third kappa shape index (κ3) is 1.93. The molecule has 0 amide bonds. The fourth-order valence-corrected chi connectivity index (χ4v) is 3.89. The van der Waals surface area contributed by atoms with E-state index < -0.39 is 0 Å². The van der Waals surface area contributed by atoms with Crippen molar-refractivity contribution in [3.63, 3.8) is 0 Å². The number of aldehydes is 1. The van der Waals surface area contributed by atoms with Crippen molar-refractivity contribution < 1.29 is 4.79 Å². The van der Waals surface area contributed by atoms with Gasteiger partial charge in [-0.2, -0.15) is 0 Å². The number of rotatable bonds is 5. The van der Waals surface area contributed by atoms with Gasteiger partial charge in [0.15, 0.2) is 0 Å². The number of hydrogen-bond donors (Lipinski definition) is 1. The molecule has 0 aromatic heterocycles. The molecule has 2 fully saturated rings. The minimum Gasteiger partial charge on any atom is -0.303 e. The molecule has 0 aliphatic heterocycles. The van der Waals surface area contributed by atoms with E-state index in [9.17, 15) is 4.79 Å². The first-order chi connectivity index (χ1) is 9.26. The van der Waals surface area contributed by atoms with E-state index in [2.05, 4.69) is 19.2 Å². The van der Waals surface area contributed by atoms with Gasteiger partial charge in [0.2, 0.25) is 0 Å². The van der Waals surface area contributed by atoms with Crippen LogP contribution in [0.25, 0.3) is 0 Å². The van der Waals surface area contributed by atoms with Crippen molar-refractivity contribution in [2.24, 2.45) is 11.3 Å². The Bertz CT molecular complexity index is 576.